The summed E-state index contributed by atoms with van der Waals surface area (Å²) < 4.78 is 0. The van der Waals surface area contributed by atoms with Crippen molar-refractivity contribution in [2.24, 2.45) is 0 Å². The Bertz CT molecular complexity index is 3320. The van der Waals surface area contributed by atoms with Gasteiger partial charge >= 0.3 is 0 Å². The molecule has 240 valence electrons. The molecule has 12 rings (SSSR count). The van der Waals surface area contributed by atoms with Crippen LogP contribution in [0.2, 0.25) is 0 Å². The molecular weight excluding hydrogens is 625 g/mol. The topological polar surface area (TPSA) is 0 Å². The highest BCUT2D eigenvalue weighted by molar-refractivity contribution is 6.27. The molecule has 0 aliphatic heterocycles. The lowest BCUT2D eigenvalue weighted by Crippen LogP contribution is -2.26. The summed E-state index contributed by atoms with van der Waals surface area (Å²) in [6.45, 7) is 0. The largest absolute Gasteiger partial charge is 0.0760 e. The Labute approximate surface area is 301 Å². The Morgan fingerprint density at radius 2 is 0.942 bits per heavy atom. The van der Waals surface area contributed by atoms with Crippen LogP contribution in [0.15, 0.2) is 170 Å². The van der Waals surface area contributed by atoms with E-state index >= 15 is 0 Å². The van der Waals surface area contributed by atoms with Gasteiger partial charge in [-0.3, -0.25) is 0 Å². The second-order valence-corrected chi connectivity index (χ2v) is 14.7. The van der Waals surface area contributed by atoms with Crippen molar-refractivity contribution in [3.63, 3.8) is 0 Å². The molecule has 52 heavy (non-hydrogen) atoms. The molecule has 0 heteroatoms. The first-order chi connectivity index (χ1) is 25.8. The molecule has 0 spiro atoms. The summed E-state index contributed by atoms with van der Waals surface area (Å²) in [6, 6.07) is 59.3. The van der Waals surface area contributed by atoms with Gasteiger partial charge in [0, 0.05) is 5.92 Å². The number of hydrogen-bond donors (Lipinski definition) is 0. The minimum atomic E-state index is 0.389. The molecule has 2 aliphatic carbocycles. The Hall–Kier alpha value is -6.50. The van der Waals surface area contributed by atoms with Gasteiger partial charge in [0.05, 0.1) is 0 Å². The fourth-order valence-corrected chi connectivity index (χ4v) is 9.63. The number of rotatable bonds is 3. The lowest BCUT2D eigenvalue weighted by Gasteiger charge is -2.26. The van der Waals surface area contributed by atoms with Gasteiger partial charge in [0.15, 0.2) is 0 Å². The van der Waals surface area contributed by atoms with Crippen LogP contribution in [0, 0.1) is 0 Å². The minimum absolute atomic E-state index is 0.389. The van der Waals surface area contributed by atoms with Crippen LogP contribution >= 0.6 is 0 Å². The van der Waals surface area contributed by atoms with Crippen LogP contribution in [-0.2, 0) is 0 Å². The molecule has 0 nitrogen and oxygen atoms in total. The zero-order valence-electron chi connectivity index (χ0n) is 28.5. The van der Waals surface area contributed by atoms with Crippen molar-refractivity contribution in [3.05, 3.63) is 191 Å². The van der Waals surface area contributed by atoms with Gasteiger partial charge in [0.1, 0.15) is 0 Å². The maximum atomic E-state index is 2.51. The van der Waals surface area contributed by atoms with E-state index in [4.69, 9.17) is 0 Å². The van der Waals surface area contributed by atoms with E-state index in [1.807, 2.05) is 0 Å². The molecule has 10 aromatic rings. The quantitative estimate of drug-likeness (QED) is 0.166. The van der Waals surface area contributed by atoms with Crippen LogP contribution in [-0.4, -0.2) is 0 Å². The van der Waals surface area contributed by atoms with Crippen LogP contribution in [0.1, 0.15) is 23.5 Å². The highest BCUT2D eigenvalue weighted by Crippen LogP contribution is 2.43. The van der Waals surface area contributed by atoms with E-state index in [-0.39, 0.29) is 0 Å². The first-order valence-electron chi connectivity index (χ1n) is 18.4. The van der Waals surface area contributed by atoms with Crippen molar-refractivity contribution >= 4 is 76.3 Å². The summed E-state index contributed by atoms with van der Waals surface area (Å²) in [6.07, 6.45) is 8.35. The van der Waals surface area contributed by atoms with Crippen molar-refractivity contribution in [2.45, 2.75) is 12.3 Å². The minimum Gasteiger partial charge on any atom is -0.0760 e. The van der Waals surface area contributed by atoms with Crippen molar-refractivity contribution in [1.82, 2.24) is 0 Å². The molecule has 0 heterocycles. The van der Waals surface area contributed by atoms with Crippen LogP contribution in [0.5, 0.6) is 0 Å². The van der Waals surface area contributed by atoms with Crippen LogP contribution in [0.4, 0.5) is 0 Å². The highest BCUT2D eigenvalue weighted by Gasteiger charge is 2.24. The third-order valence-corrected chi connectivity index (χ3v) is 12.1. The summed E-state index contributed by atoms with van der Waals surface area (Å²) in [4.78, 5) is 0. The summed E-state index contributed by atoms with van der Waals surface area (Å²) in [5.74, 6) is 0.389. The Kier molecular flexibility index (Phi) is 5.71. The van der Waals surface area contributed by atoms with Gasteiger partial charge < -0.3 is 0 Å². The van der Waals surface area contributed by atoms with E-state index in [0.717, 1.165) is 6.42 Å². The first-order valence-corrected chi connectivity index (χ1v) is 18.4. The molecule has 0 aromatic heterocycles. The van der Waals surface area contributed by atoms with E-state index in [1.165, 1.54) is 114 Å². The van der Waals surface area contributed by atoms with Crippen molar-refractivity contribution < 1.29 is 0 Å². The highest BCUT2D eigenvalue weighted by atomic mass is 14.3. The molecule has 0 bridgehead atoms. The Morgan fingerprint density at radius 3 is 1.67 bits per heavy atom. The van der Waals surface area contributed by atoms with Gasteiger partial charge in [-0.05, 0) is 133 Å². The molecule has 0 saturated carbocycles. The number of allylic oxidation sites excluding steroid dienone is 2. The third-order valence-electron chi connectivity index (χ3n) is 12.1. The van der Waals surface area contributed by atoms with Gasteiger partial charge in [-0.15, -0.1) is 0 Å². The van der Waals surface area contributed by atoms with Crippen LogP contribution < -0.4 is 10.4 Å². The molecule has 2 aliphatic rings. The van der Waals surface area contributed by atoms with Gasteiger partial charge in [0.2, 0.25) is 0 Å². The molecule has 0 radical (unpaired) electrons. The molecule has 0 N–H and O–H groups in total. The molecule has 0 fully saturated rings. The van der Waals surface area contributed by atoms with E-state index in [0.29, 0.717) is 5.92 Å². The number of benzene rings is 10. The van der Waals surface area contributed by atoms with Crippen molar-refractivity contribution in [1.29, 1.82) is 0 Å². The zero-order chi connectivity index (χ0) is 33.9. The number of hydrogen-bond acceptors (Lipinski definition) is 0. The van der Waals surface area contributed by atoms with Crippen molar-refractivity contribution in [2.75, 3.05) is 0 Å². The predicted octanol–water partition coefficient (Wildman–Crippen LogP) is 12.4. The third kappa shape index (κ3) is 3.92. The second kappa shape index (κ2) is 10.5. The molecule has 1 atom stereocenters. The Balaban J connectivity index is 1.10. The predicted molar refractivity (Wildman–Crippen MR) is 223 cm³/mol. The van der Waals surface area contributed by atoms with Gasteiger partial charge in [-0.1, -0.05) is 164 Å². The summed E-state index contributed by atoms with van der Waals surface area (Å²) in [5.41, 5.74) is 9.28. The fraction of sp³-hybridized carbons (Fsp3) is 0.0385. The first kappa shape index (κ1) is 28.2. The Morgan fingerprint density at radius 1 is 0.404 bits per heavy atom. The van der Waals surface area contributed by atoms with Crippen LogP contribution in [0.3, 0.4) is 0 Å². The van der Waals surface area contributed by atoms with Crippen LogP contribution in [0.25, 0.3) is 98.5 Å². The number of fused-ring (bicyclic) bond motifs is 2. The normalized spacial score (nSPS) is 15.1. The standard InChI is InChI=1S/C52H32/c1-3-7-37-29-39(11-9-31(37)5-1)41-21-13-33-19-27-47-43(23-15-35-17-25-45(41)49(33)51(35)47)44-24-16-36-18-26-46-42(22-14-34-20-28-48(44)52(36)50(34)46)40-12-10-32-6-2-4-8-38(32)30-40/h1-19,21-30,34H,20H2. The van der Waals surface area contributed by atoms with E-state index in [1.54, 1.807) is 0 Å². The van der Waals surface area contributed by atoms with Gasteiger partial charge in [-0.2, -0.15) is 0 Å². The molecule has 0 amide bonds. The lowest BCUT2D eigenvalue weighted by atomic mass is 9.78. The smallest absolute Gasteiger partial charge is 0.00686 e. The molecule has 0 saturated heterocycles. The van der Waals surface area contributed by atoms with Gasteiger partial charge in [0.25, 0.3) is 0 Å². The van der Waals surface area contributed by atoms with E-state index < -0.39 is 0 Å². The second-order valence-electron chi connectivity index (χ2n) is 14.7. The molecular formula is C52H32. The lowest BCUT2D eigenvalue weighted by molar-refractivity contribution is 0.875. The summed E-state index contributed by atoms with van der Waals surface area (Å²) >= 11 is 0. The summed E-state index contributed by atoms with van der Waals surface area (Å²) in [7, 11) is 0. The SMILES string of the molecule is C1=CC2CC=c3c(-c4ccc5ccc6c(-c7ccc8ccccc8c7)ccc7ccc4c5c76)ccc4ccc(c2c34)=C1c1ccc2ccccc2c1. The fourth-order valence-electron chi connectivity index (χ4n) is 9.63. The van der Waals surface area contributed by atoms with E-state index in [2.05, 4.69) is 176 Å². The maximum absolute atomic E-state index is 2.51. The van der Waals surface area contributed by atoms with E-state index in [9.17, 15) is 0 Å². The molecule has 1 unspecified atom stereocenters. The monoisotopic (exact) mass is 656 g/mol. The average molecular weight is 657 g/mol. The maximum Gasteiger partial charge on any atom is 0.00686 e. The molecule has 10 aromatic carbocycles. The summed E-state index contributed by atoms with van der Waals surface area (Å²) in [5, 5.41) is 18.6. The van der Waals surface area contributed by atoms with Gasteiger partial charge in [-0.25, -0.2) is 0 Å². The van der Waals surface area contributed by atoms with Crippen molar-refractivity contribution in [3.8, 4) is 22.3 Å². The average Bonchev–Trinajstić information content (AvgIpc) is 3.21. The zero-order valence-corrected chi connectivity index (χ0v) is 28.5.